The molecule has 1 aliphatic rings. The monoisotopic (exact) mass is 283 g/mol. The molecule has 0 bridgehead atoms. The summed E-state index contributed by atoms with van der Waals surface area (Å²) in [7, 11) is 1.63. The van der Waals surface area contributed by atoms with Crippen LogP contribution in [-0.4, -0.2) is 44.2 Å². The highest BCUT2D eigenvalue weighted by Gasteiger charge is 2.18. The number of amides is 2. The van der Waals surface area contributed by atoms with Crippen LogP contribution in [0.2, 0.25) is 5.02 Å². The van der Waals surface area contributed by atoms with Crippen molar-refractivity contribution < 1.29 is 9.53 Å². The highest BCUT2D eigenvalue weighted by molar-refractivity contribution is 6.31. The molecule has 1 heterocycles. The fraction of sp³-hybridized carbons (Fsp3) is 0.462. The van der Waals surface area contributed by atoms with Crippen molar-refractivity contribution >= 4 is 17.6 Å². The van der Waals surface area contributed by atoms with Crippen LogP contribution in [0.25, 0.3) is 0 Å². The van der Waals surface area contributed by atoms with E-state index in [4.69, 9.17) is 16.3 Å². The minimum Gasteiger partial charge on any atom is -0.496 e. The van der Waals surface area contributed by atoms with Crippen LogP contribution in [0.5, 0.6) is 5.75 Å². The summed E-state index contributed by atoms with van der Waals surface area (Å²) in [5.41, 5.74) is 0.942. The summed E-state index contributed by atoms with van der Waals surface area (Å²) < 4.78 is 5.27. The van der Waals surface area contributed by atoms with Gasteiger partial charge >= 0.3 is 6.03 Å². The Kier molecular flexibility index (Phi) is 4.87. The Labute approximate surface area is 117 Å². The minimum absolute atomic E-state index is 0.0112. The summed E-state index contributed by atoms with van der Waals surface area (Å²) in [6, 6.07) is 5.60. The summed E-state index contributed by atoms with van der Waals surface area (Å²) in [5.74, 6) is 0.777. The zero-order valence-corrected chi connectivity index (χ0v) is 11.7. The zero-order valence-electron chi connectivity index (χ0n) is 10.9. The second-order valence-electron chi connectivity index (χ2n) is 4.32. The first-order valence-electron chi connectivity index (χ1n) is 6.27. The van der Waals surface area contributed by atoms with E-state index in [2.05, 4.69) is 10.6 Å². The van der Waals surface area contributed by atoms with Gasteiger partial charge in [-0.15, -0.1) is 0 Å². The van der Waals surface area contributed by atoms with Gasteiger partial charge in [-0.1, -0.05) is 17.7 Å². The molecule has 0 aromatic heterocycles. The zero-order chi connectivity index (χ0) is 13.7. The van der Waals surface area contributed by atoms with Gasteiger partial charge in [0.2, 0.25) is 0 Å². The second-order valence-corrected chi connectivity index (χ2v) is 4.72. The van der Waals surface area contributed by atoms with Crippen LogP contribution in [0.3, 0.4) is 0 Å². The van der Waals surface area contributed by atoms with Crippen molar-refractivity contribution in [2.24, 2.45) is 0 Å². The Bertz CT molecular complexity index is 454. The van der Waals surface area contributed by atoms with Gasteiger partial charge < -0.3 is 20.3 Å². The lowest BCUT2D eigenvalue weighted by molar-refractivity contribution is 0.217. The van der Waals surface area contributed by atoms with Gasteiger partial charge in [-0.2, -0.15) is 0 Å². The van der Waals surface area contributed by atoms with E-state index in [9.17, 15) is 4.79 Å². The summed E-state index contributed by atoms with van der Waals surface area (Å²) in [6.07, 6.45) is 0. The molecule has 0 saturated carbocycles. The first-order chi connectivity index (χ1) is 9.22. The van der Waals surface area contributed by atoms with Gasteiger partial charge in [0, 0.05) is 43.3 Å². The van der Waals surface area contributed by atoms with Crippen LogP contribution in [0, 0.1) is 0 Å². The Morgan fingerprint density at radius 3 is 3.05 bits per heavy atom. The smallest absolute Gasteiger partial charge is 0.317 e. The molecule has 5 nitrogen and oxygen atoms in total. The van der Waals surface area contributed by atoms with Crippen LogP contribution in [0.1, 0.15) is 5.56 Å². The van der Waals surface area contributed by atoms with E-state index in [0.29, 0.717) is 18.1 Å². The molecule has 0 radical (unpaired) electrons. The standard InChI is InChI=1S/C13H18ClN3O2/c1-19-12-4-2-3-11(14)10(12)9-15-5-7-17-8-6-16-13(17)18/h2-4,15H,5-9H2,1H3,(H,16,18). The fourth-order valence-corrected chi connectivity index (χ4v) is 2.29. The van der Waals surface area contributed by atoms with Crippen molar-refractivity contribution in [2.75, 3.05) is 33.3 Å². The molecule has 1 aromatic carbocycles. The normalized spacial score (nSPS) is 14.6. The molecule has 1 aromatic rings. The maximum absolute atomic E-state index is 11.3. The number of halogens is 1. The maximum atomic E-state index is 11.3. The number of carbonyl (C=O) groups is 1. The van der Waals surface area contributed by atoms with Gasteiger partial charge in [-0.05, 0) is 12.1 Å². The first kappa shape index (κ1) is 14.0. The highest BCUT2D eigenvalue weighted by atomic mass is 35.5. The number of nitrogens with zero attached hydrogens (tertiary/aromatic N) is 1. The molecule has 0 aliphatic carbocycles. The molecule has 6 heteroatoms. The summed E-state index contributed by atoms with van der Waals surface area (Å²) >= 11 is 6.14. The minimum atomic E-state index is 0.0112. The molecule has 19 heavy (non-hydrogen) atoms. The molecule has 0 atom stereocenters. The average Bonchev–Trinajstić information content (AvgIpc) is 2.81. The molecule has 0 unspecified atom stereocenters. The van der Waals surface area contributed by atoms with E-state index in [0.717, 1.165) is 30.9 Å². The number of urea groups is 1. The van der Waals surface area contributed by atoms with Gasteiger partial charge in [0.05, 0.1) is 7.11 Å². The number of methoxy groups -OCH3 is 1. The molecular formula is C13H18ClN3O2. The predicted octanol–water partition coefficient (Wildman–Crippen LogP) is 1.46. The van der Waals surface area contributed by atoms with Crippen LogP contribution in [0.4, 0.5) is 4.79 Å². The molecule has 1 saturated heterocycles. The van der Waals surface area contributed by atoms with E-state index in [1.165, 1.54) is 0 Å². The maximum Gasteiger partial charge on any atom is 0.317 e. The highest BCUT2D eigenvalue weighted by Crippen LogP contribution is 2.25. The van der Waals surface area contributed by atoms with Gasteiger partial charge in [0.15, 0.2) is 0 Å². The topological polar surface area (TPSA) is 53.6 Å². The Morgan fingerprint density at radius 1 is 1.53 bits per heavy atom. The molecule has 0 spiro atoms. The second kappa shape index (κ2) is 6.63. The third-order valence-corrected chi connectivity index (χ3v) is 3.46. The van der Waals surface area contributed by atoms with E-state index in [-0.39, 0.29) is 6.03 Å². The van der Waals surface area contributed by atoms with Gasteiger partial charge in [0.25, 0.3) is 0 Å². The summed E-state index contributed by atoms with van der Waals surface area (Å²) in [4.78, 5) is 13.1. The van der Waals surface area contributed by atoms with Crippen LogP contribution >= 0.6 is 11.6 Å². The van der Waals surface area contributed by atoms with Crippen LogP contribution in [0.15, 0.2) is 18.2 Å². The quantitative estimate of drug-likeness (QED) is 0.777. The number of ether oxygens (including phenoxy) is 1. The van der Waals surface area contributed by atoms with E-state index in [1.54, 1.807) is 12.0 Å². The van der Waals surface area contributed by atoms with Crippen molar-refractivity contribution in [2.45, 2.75) is 6.54 Å². The number of rotatable bonds is 6. The van der Waals surface area contributed by atoms with Crippen molar-refractivity contribution in [1.29, 1.82) is 0 Å². The van der Waals surface area contributed by atoms with E-state index < -0.39 is 0 Å². The molecule has 104 valence electrons. The Balaban J connectivity index is 1.81. The first-order valence-corrected chi connectivity index (χ1v) is 6.65. The third-order valence-electron chi connectivity index (χ3n) is 3.10. The SMILES string of the molecule is COc1cccc(Cl)c1CNCCN1CCNC1=O. The number of carbonyl (C=O) groups excluding carboxylic acids is 1. The lowest BCUT2D eigenvalue weighted by Gasteiger charge is -2.15. The Morgan fingerprint density at radius 2 is 2.37 bits per heavy atom. The number of benzene rings is 1. The van der Waals surface area contributed by atoms with Crippen molar-refractivity contribution in [1.82, 2.24) is 15.5 Å². The molecule has 2 N–H and O–H groups in total. The van der Waals surface area contributed by atoms with Crippen LogP contribution < -0.4 is 15.4 Å². The van der Waals surface area contributed by atoms with Gasteiger partial charge in [-0.3, -0.25) is 0 Å². The number of nitrogens with one attached hydrogen (secondary N) is 2. The largest absolute Gasteiger partial charge is 0.496 e. The summed E-state index contributed by atoms with van der Waals surface area (Å²) in [5, 5.41) is 6.74. The average molecular weight is 284 g/mol. The predicted molar refractivity (Wildman–Crippen MR) is 74.7 cm³/mol. The van der Waals surface area contributed by atoms with Gasteiger partial charge in [0.1, 0.15) is 5.75 Å². The van der Waals surface area contributed by atoms with Gasteiger partial charge in [-0.25, -0.2) is 4.79 Å². The van der Waals surface area contributed by atoms with Crippen LogP contribution in [-0.2, 0) is 6.54 Å². The number of hydrogen-bond donors (Lipinski definition) is 2. The molecule has 1 fully saturated rings. The van der Waals surface area contributed by atoms with E-state index >= 15 is 0 Å². The van der Waals surface area contributed by atoms with Crippen molar-refractivity contribution in [3.8, 4) is 5.75 Å². The van der Waals surface area contributed by atoms with Crippen molar-refractivity contribution in [3.05, 3.63) is 28.8 Å². The molecular weight excluding hydrogens is 266 g/mol. The fourth-order valence-electron chi connectivity index (χ4n) is 2.05. The third kappa shape index (κ3) is 3.52. The Hall–Kier alpha value is -1.46. The molecule has 1 aliphatic heterocycles. The number of hydrogen-bond acceptors (Lipinski definition) is 3. The van der Waals surface area contributed by atoms with Crippen molar-refractivity contribution in [3.63, 3.8) is 0 Å². The lowest BCUT2D eigenvalue weighted by Crippen LogP contribution is -2.34. The van der Waals surface area contributed by atoms with E-state index in [1.807, 2.05) is 18.2 Å². The lowest BCUT2D eigenvalue weighted by atomic mass is 10.2. The summed E-state index contributed by atoms with van der Waals surface area (Å²) in [6.45, 7) is 3.55. The molecule has 2 amide bonds. The molecule has 2 rings (SSSR count).